The van der Waals surface area contributed by atoms with E-state index in [1.54, 1.807) is 0 Å². The molecule has 5 nitrogen and oxygen atoms in total. The zero-order valence-electron chi connectivity index (χ0n) is 14.7. The van der Waals surface area contributed by atoms with Crippen molar-refractivity contribution in [2.45, 2.75) is 63.3 Å². The van der Waals surface area contributed by atoms with Gasteiger partial charge in [-0.25, -0.2) is 0 Å². The van der Waals surface area contributed by atoms with E-state index in [2.05, 4.69) is 22.4 Å². The molecule has 25 heavy (non-hydrogen) atoms. The van der Waals surface area contributed by atoms with Crippen LogP contribution in [0.5, 0.6) is 0 Å². The quantitative estimate of drug-likeness (QED) is 0.857. The van der Waals surface area contributed by atoms with Gasteiger partial charge < -0.3 is 10.2 Å². The van der Waals surface area contributed by atoms with Crippen molar-refractivity contribution in [2.75, 3.05) is 13.1 Å². The van der Waals surface area contributed by atoms with Gasteiger partial charge in [0, 0.05) is 31.5 Å². The number of hydrogen-bond acceptors (Lipinski definition) is 3. The van der Waals surface area contributed by atoms with Crippen molar-refractivity contribution < 1.29 is 9.59 Å². The smallest absolute Gasteiger partial charge is 0.238 e. The monoisotopic (exact) mass is 341 g/mol. The topological polar surface area (TPSA) is 62.3 Å². The van der Waals surface area contributed by atoms with Gasteiger partial charge in [-0.1, -0.05) is 6.42 Å². The Morgan fingerprint density at radius 3 is 2.44 bits per heavy atom. The summed E-state index contributed by atoms with van der Waals surface area (Å²) in [4.78, 5) is 31.9. The fourth-order valence-electron chi connectivity index (χ4n) is 4.19. The summed E-state index contributed by atoms with van der Waals surface area (Å²) in [5.41, 5.74) is 0.549. The maximum atomic E-state index is 13.2. The number of nitrogens with zero attached hydrogens (tertiary/aromatic N) is 2. The summed E-state index contributed by atoms with van der Waals surface area (Å²) in [5.74, 6) is 0.548. The molecular formula is C20H27N3O2. The summed E-state index contributed by atoms with van der Waals surface area (Å²) in [6.07, 6.45) is 11.3. The van der Waals surface area contributed by atoms with E-state index in [4.69, 9.17) is 0 Å². The number of carbonyl (C=O) groups is 2. The molecule has 1 atom stereocenters. The van der Waals surface area contributed by atoms with Gasteiger partial charge in [-0.15, -0.1) is 0 Å². The number of likely N-dealkylation sites (tertiary alicyclic amines) is 1. The molecule has 1 aromatic heterocycles. The van der Waals surface area contributed by atoms with Crippen molar-refractivity contribution in [3.05, 3.63) is 30.1 Å². The summed E-state index contributed by atoms with van der Waals surface area (Å²) in [7, 11) is 0. The van der Waals surface area contributed by atoms with Gasteiger partial charge in [0.05, 0.1) is 0 Å². The van der Waals surface area contributed by atoms with Crippen molar-refractivity contribution in [2.24, 2.45) is 5.41 Å². The second-order valence-corrected chi connectivity index (χ2v) is 7.88. The predicted molar refractivity (Wildman–Crippen MR) is 94.9 cm³/mol. The molecule has 134 valence electrons. The molecule has 2 amide bonds. The zero-order chi connectivity index (χ0) is 17.3. The van der Waals surface area contributed by atoms with Crippen LogP contribution in [-0.2, 0) is 9.59 Å². The van der Waals surface area contributed by atoms with Crippen LogP contribution in [0.2, 0.25) is 0 Å². The van der Waals surface area contributed by atoms with Gasteiger partial charge in [0.1, 0.15) is 5.41 Å². The molecule has 1 aromatic rings. The number of aromatic nitrogens is 1. The minimum absolute atomic E-state index is 0.0128. The third-order valence-corrected chi connectivity index (χ3v) is 6.16. The highest BCUT2D eigenvalue weighted by Crippen LogP contribution is 2.44. The number of carbonyl (C=O) groups excluding carboxylic acids is 2. The van der Waals surface area contributed by atoms with Crippen molar-refractivity contribution in [3.8, 4) is 0 Å². The molecule has 0 radical (unpaired) electrons. The first kappa shape index (κ1) is 16.6. The van der Waals surface area contributed by atoms with Crippen LogP contribution >= 0.6 is 0 Å². The van der Waals surface area contributed by atoms with Crippen molar-refractivity contribution in [1.29, 1.82) is 0 Å². The van der Waals surface area contributed by atoms with E-state index in [9.17, 15) is 9.59 Å². The van der Waals surface area contributed by atoms with E-state index in [-0.39, 0.29) is 11.8 Å². The van der Waals surface area contributed by atoms with E-state index in [0.29, 0.717) is 24.8 Å². The lowest BCUT2D eigenvalue weighted by atomic mass is 9.67. The average Bonchev–Trinajstić information content (AvgIpc) is 3.40. The Labute approximate surface area is 149 Å². The molecule has 0 spiro atoms. The number of pyridine rings is 1. The molecule has 2 saturated carbocycles. The van der Waals surface area contributed by atoms with Gasteiger partial charge in [0.2, 0.25) is 11.8 Å². The van der Waals surface area contributed by atoms with E-state index in [1.165, 1.54) is 5.56 Å². The van der Waals surface area contributed by atoms with Crippen molar-refractivity contribution in [1.82, 2.24) is 15.2 Å². The van der Waals surface area contributed by atoms with Crippen LogP contribution in [0.25, 0.3) is 0 Å². The lowest BCUT2D eigenvalue weighted by Crippen LogP contribution is -2.56. The first-order valence-corrected chi connectivity index (χ1v) is 9.69. The van der Waals surface area contributed by atoms with Crippen molar-refractivity contribution in [3.63, 3.8) is 0 Å². The molecule has 2 aliphatic carbocycles. The summed E-state index contributed by atoms with van der Waals surface area (Å²) in [6.45, 7) is 1.53. The van der Waals surface area contributed by atoms with E-state index < -0.39 is 5.41 Å². The number of rotatable bonds is 4. The Morgan fingerprint density at radius 2 is 1.80 bits per heavy atom. The van der Waals surface area contributed by atoms with Crippen molar-refractivity contribution >= 4 is 11.8 Å². The third kappa shape index (κ3) is 3.29. The molecule has 1 N–H and O–H groups in total. The maximum absolute atomic E-state index is 13.2. The Bertz CT molecular complexity index is 638. The van der Waals surface area contributed by atoms with E-state index in [1.807, 2.05) is 17.3 Å². The molecule has 3 aliphatic rings. The van der Waals surface area contributed by atoms with Crippen LogP contribution < -0.4 is 5.32 Å². The first-order valence-electron chi connectivity index (χ1n) is 9.69. The highest BCUT2D eigenvalue weighted by molar-refractivity contribution is 6.06. The summed E-state index contributed by atoms with van der Waals surface area (Å²) < 4.78 is 0. The van der Waals surface area contributed by atoms with Crippen LogP contribution in [0.4, 0.5) is 0 Å². The van der Waals surface area contributed by atoms with Crippen LogP contribution in [0, 0.1) is 5.41 Å². The molecule has 0 bridgehead atoms. The largest absolute Gasteiger partial charge is 0.352 e. The van der Waals surface area contributed by atoms with E-state index in [0.717, 1.165) is 51.6 Å². The molecule has 1 saturated heterocycles. The minimum Gasteiger partial charge on any atom is -0.352 e. The molecule has 4 rings (SSSR count). The van der Waals surface area contributed by atoms with Gasteiger partial charge in [-0.3, -0.25) is 14.6 Å². The molecule has 5 heteroatoms. The third-order valence-electron chi connectivity index (χ3n) is 6.16. The van der Waals surface area contributed by atoms with Gasteiger partial charge in [0.25, 0.3) is 0 Å². The van der Waals surface area contributed by atoms with Crippen LogP contribution in [0.1, 0.15) is 62.8 Å². The fraction of sp³-hybridized carbons (Fsp3) is 0.650. The molecule has 1 unspecified atom stereocenters. The van der Waals surface area contributed by atoms with E-state index >= 15 is 0 Å². The van der Waals surface area contributed by atoms with Crippen LogP contribution in [0.15, 0.2) is 24.5 Å². The Morgan fingerprint density at radius 1 is 1.04 bits per heavy atom. The van der Waals surface area contributed by atoms with Crippen LogP contribution in [-0.4, -0.2) is 40.8 Å². The second-order valence-electron chi connectivity index (χ2n) is 7.88. The molecule has 2 heterocycles. The SMILES string of the molecule is O=C(NC1CC1)C1(C(=O)N2CCCC(c3ccncc3)CC2)CCC1. The van der Waals surface area contributed by atoms with Gasteiger partial charge in [-0.2, -0.15) is 0 Å². The maximum Gasteiger partial charge on any atom is 0.238 e. The standard InChI is InChI=1S/C20H27N3O2/c24-18(22-17-4-5-17)20(9-2-10-20)19(25)23-13-1-3-15(8-14-23)16-6-11-21-12-7-16/h6-7,11-12,15,17H,1-5,8-10,13-14H2,(H,22,24). The zero-order valence-corrected chi connectivity index (χ0v) is 14.7. The van der Waals surface area contributed by atoms with Gasteiger partial charge in [0.15, 0.2) is 0 Å². The number of nitrogens with one attached hydrogen (secondary N) is 1. The minimum atomic E-state index is -0.765. The van der Waals surface area contributed by atoms with Gasteiger partial charge in [-0.05, 0) is 68.6 Å². The first-order chi connectivity index (χ1) is 12.2. The summed E-state index contributed by atoms with van der Waals surface area (Å²) in [5, 5.41) is 3.07. The Kier molecular flexibility index (Phi) is 4.48. The Hall–Kier alpha value is -1.91. The lowest BCUT2D eigenvalue weighted by Gasteiger charge is -2.42. The predicted octanol–water partition coefficient (Wildman–Crippen LogP) is 2.63. The lowest BCUT2D eigenvalue weighted by molar-refractivity contribution is -0.157. The van der Waals surface area contributed by atoms with Gasteiger partial charge >= 0.3 is 0 Å². The highest BCUT2D eigenvalue weighted by atomic mass is 16.2. The normalized spacial score (nSPS) is 25.6. The Balaban J connectivity index is 1.42. The number of amides is 2. The number of hydrogen-bond donors (Lipinski definition) is 1. The highest BCUT2D eigenvalue weighted by Gasteiger charge is 2.53. The molecular weight excluding hydrogens is 314 g/mol. The molecule has 0 aromatic carbocycles. The molecule has 3 fully saturated rings. The summed E-state index contributed by atoms with van der Waals surface area (Å²) >= 11 is 0. The average molecular weight is 341 g/mol. The van der Waals surface area contributed by atoms with Crippen LogP contribution in [0.3, 0.4) is 0 Å². The molecule has 1 aliphatic heterocycles. The second kappa shape index (κ2) is 6.77. The fourth-order valence-corrected chi connectivity index (χ4v) is 4.19. The summed E-state index contributed by atoms with van der Waals surface area (Å²) in [6, 6.07) is 4.48.